The summed E-state index contributed by atoms with van der Waals surface area (Å²) in [5.74, 6) is 1.49. The SMILES string of the molecule is O=Cc1ccc2c(c1)OC1CCCCC1O2. The molecule has 16 heavy (non-hydrogen) atoms. The van der Waals surface area contributed by atoms with E-state index in [0.29, 0.717) is 11.3 Å². The molecule has 1 fully saturated rings. The van der Waals surface area contributed by atoms with Gasteiger partial charge in [-0.1, -0.05) is 0 Å². The zero-order valence-electron chi connectivity index (χ0n) is 9.02. The van der Waals surface area contributed by atoms with Crippen molar-refractivity contribution in [2.75, 3.05) is 0 Å². The van der Waals surface area contributed by atoms with Crippen LogP contribution in [0, 0.1) is 0 Å². The quantitative estimate of drug-likeness (QED) is 0.679. The second kappa shape index (κ2) is 3.81. The van der Waals surface area contributed by atoms with Crippen LogP contribution in [0.1, 0.15) is 36.0 Å². The molecule has 1 saturated carbocycles. The number of carbonyl (C=O) groups excluding carboxylic acids is 1. The van der Waals surface area contributed by atoms with Crippen LogP contribution in [0.2, 0.25) is 0 Å². The van der Waals surface area contributed by atoms with E-state index < -0.39 is 0 Å². The number of hydrogen-bond acceptors (Lipinski definition) is 3. The Labute approximate surface area is 94.4 Å². The molecule has 84 valence electrons. The summed E-state index contributed by atoms with van der Waals surface area (Å²) in [6.45, 7) is 0. The number of aldehydes is 1. The van der Waals surface area contributed by atoms with Gasteiger partial charge in [0.1, 0.15) is 18.5 Å². The number of benzene rings is 1. The summed E-state index contributed by atoms with van der Waals surface area (Å²) < 4.78 is 11.8. The minimum atomic E-state index is 0.170. The summed E-state index contributed by atoms with van der Waals surface area (Å²) >= 11 is 0. The molecule has 2 aliphatic rings. The van der Waals surface area contributed by atoms with Gasteiger partial charge in [0.25, 0.3) is 0 Å². The van der Waals surface area contributed by atoms with Crippen LogP contribution in [0.25, 0.3) is 0 Å². The van der Waals surface area contributed by atoms with Crippen molar-refractivity contribution in [3.8, 4) is 11.5 Å². The fourth-order valence-corrected chi connectivity index (χ4v) is 2.45. The van der Waals surface area contributed by atoms with Gasteiger partial charge in [-0.2, -0.15) is 0 Å². The third-order valence-electron chi connectivity index (χ3n) is 3.30. The first-order valence-corrected chi connectivity index (χ1v) is 5.79. The van der Waals surface area contributed by atoms with Crippen LogP contribution < -0.4 is 9.47 Å². The van der Waals surface area contributed by atoms with E-state index in [-0.39, 0.29) is 12.2 Å². The fraction of sp³-hybridized carbons (Fsp3) is 0.462. The van der Waals surface area contributed by atoms with E-state index in [1.54, 1.807) is 12.1 Å². The molecule has 0 N–H and O–H groups in total. The average molecular weight is 218 g/mol. The van der Waals surface area contributed by atoms with Crippen molar-refractivity contribution in [2.45, 2.75) is 37.9 Å². The highest BCUT2D eigenvalue weighted by molar-refractivity contribution is 5.76. The van der Waals surface area contributed by atoms with Gasteiger partial charge < -0.3 is 9.47 Å². The number of hydrogen-bond donors (Lipinski definition) is 0. The monoisotopic (exact) mass is 218 g/mol. The topological polar surface area (TPSA) is 35.5 Å². The Hall–Kier alpha value is -1.51. The van der Waals surface area contributed by atoms with Gasteiger partial charge in [-0.25, -0.2) is 0 Å². The minimum Gasteiger partial charge on any atom is -0.483 e. The highest BCUT2D eigenvalue weighted by Crippen LogP contribution is 2.38. The highest BCUT2D eigenvalue weighted by atomic mass is 16.6. The van der Waals surface area contributed by atoms with E-state index in [1.165, 1.54) is 12.8 Å². The van der Waals surface area contributed by atoms with Crippen molar-refractivity contribution >= 4 is 6.29 Å². The lowest BCUT2D eigenvalue weighted by atomic mass is 9.93. The first-order valence-electron chi connectivity index (χ1n) is 5.79. The molecule has 2 atom stereocenters. The molecule has 1 aromatic rings. The molecule has 2 unspecified atom stereocenters. The fourth-order valence-electron chi connectivity index (χ4n) is 2.45. The van der Waals surface area contributed by atoms with Gasteiger partial charge in [-0.3, -0.25) is 4.79 Å². The summed E-state index contributed by atoms with van der Waals surface area (Å²) in [6.07, 6.45) is 5.73. The normalized spacial score (nSPS) is 27.0. The van der Waals surface area contributed by atoms with Gasteiger partial charge in [0.05, 0.1) is 0 Å². The summed E-state index contributed by atoms with van der Waals surface area (Å²) in [5, 5.41) is 0. The zero-order chi connectivity index (χ0) is 11.0. The van der Waals surface area contributed by atoms with Gasteiger partial charge in [0, 0.05) is 5.56 Å². The Bertz CT molecular complexity index is 414. The Morgan fingerprint density at radius 3 is 2.44 bits per heavy atom. The maximum absolute atomic E-state index is 10.7. The molecular weight excluding hydrogens is 204 g/mol. The molecule has 0 radical (unpaired) electrons. The summed E-state index contributed by atoms with van der Waals surface area (Å²) in [4.78, 5) is 10.7. The van der Waals surface area contributed by atoms with Gasteiger partial charge in [-0.15, -0.1) is 0 Å². The van der Waals surface area contributed by atoms with Gasteiger partial charge >= 0.3 is 0 Å². The predicted octanol–water partition coefficient (Wildman–Crippen LogP) is 2.58. The summed E-state index contributed by atoms with van der Waals surface area (Å²) in [5.41, 5.74) is 0.636. The zero-order valence-corrected chi connectivity index (χ0v) is 9.02. The second-order valence-electron chi connectivity index (χ2n) is 4.42. The van der Waals surface area contributed by atoms with Gasteiger partial charge in [-0.05, 0) is 43.9 Å². The van der Waals surface area contributed by atoms with Crippen LogP contribution in [0.3, 0.4) is 0 Å². The molecule has 3 heteroatoms. The molecule has 1 aromatic carbocycles. The van der Waals surface area contributed by atoms with E-state index >= 15 is 0 Å². The first kappa shape index (κ1) is 9.70. The molecule has 1 aliphatic carbocycles. The molecule has 0 saturated heterocycles. The average Bonchev–Trinajstić information content (AvgIpc) is 2.35. The number of fused-ring (bicyclic) bond motifs is 2. The van der Waals surface area contributed by atoms with Crippen molar-refractivity contribution in [2.24, 2.45) is 0 Å². The molecule has 3 nitrogen and oxygen atoms in total. The van der Waals surface area contributed by atoms with Crippen molar-refractivity contribution in [1.82, 2.24) is 0 Å². The van der Waals surface area contributed by atoms with Crippen LogP contribution in [0.15, 0.2) is 18.2 Å². The lowest BCUT2D eigenvalue weighted by Gasteiger charge is -2.36. The Kier molecular flexibility index (Phi) is 2.31. The lowest BCUT2D eigenvalue weighted by Crippen LogP contribution is -2.41. The third-order valence-corrected chi connectivity index (χ3v) is 3.30. The van der Waals surface area contributed by atoms with Crippen LogP contribution in [0.4, 0.5) is 0 Å². The van der Waals surface area contributed by atoms with Gasteiger partial charge in [0.15, 0.2) is 11.5 Å². The molecule has 0 amide bonds. The number of ether oxygens (including phenoxy) is 2. The number of carbonyl (C=O) groups is 1. The van der Waals surface area contributed by atoms with Crippen LogP contribution in [0.5, 0.6) is 11.5 Å². The van der Waals surface area contributed by atoms with Crippen molar-refractivity contribution in [3.63, 3.8) is 0 Å². The van der Waals surface area contributed by atoms with Crippen LogP contribution in [-0.4, -0.2) is 18.5 Å². The second-order valence-corrected chi connectivity index (χ2v) is 4.42. The molecule has 1 aliphatic heterocycles. The van der Waals surface area contributed by atoms with E-state index in [4.69, 9.17) is 9.47 Å². The molecule has 1 heterocycles. The molecule has 3 rings (SSSR count). The Morgan fingerprint density at radius 1 is 1.06 bits per heavy atom. The number of rotatable bonds is 1. The first-order chi connectivity index (χ1) is 7.86. The summed E-state index contributed by atoms with van der Waals surface area (Å²) in [6, 6.07) is 5.34. The maximum Gasteiger partial charge on any atom is 0.162 e. The standard InChI is InChI=1S/C13H14O3/c14-8-9-5-6-12-13(7-9)16-11-4-2-1-3-10(11)15-12/h5-8,10-11H,1-4H2. The highest BCUT2D eigenvalue weighted by Gasteiger charge is 2.33. The van der Waals surface area contributed by atoms with Crippen LogP contribution >= 0.6 is 0 Å². The Balaban J connectivity index is 1.92. The van der Waals surface area contributed by atoms with Gasteiger partial charge in [0.2, 0.25) is 0 Å². The molecule has 0 bridgehead atoms. The van der Waals surface area contributed by atoms with E-state index in [0.717, 1.165) is 24.9 Å². The van der Waals surface area contributed by atoms with Crippen molar-refractivity contribution < 1.29 is 14.3 Å². The third kappa shape index (κ3) is 1.56. The van der Waals surface area contributed by atoms with Crippen LogP contribution in [-0.2, 0) is 0 Å². The predicted molar refractivity (Wildman–Crippen MR) is 59.1 cm³/mol. The molecule has 0 spiro atoms. The smallest absolute Gasteiger partial charge is 0.162 e. The molecule has 0 aromatic heterocycles. The Morgan fingerprint density at radius 2 is 1.75 bits per heavy atom. The largest absolute Gasteiger partial charge is 0.483 e. The van der Waals surface area contributed by atoms with E-state index in [2.05, 4.69) is 0 Å². The minimum absolute atomic E-state index is 0.170. The van der Waals surface area contributed by atoms with Crippen molar-refractivity contribution in [1.29, 1.82) is 0 Å². The summed E-state index contributed by atoms with van der Waals surface area (Å²) in [7, 11) is 0. The van der Waals surface area contributed by atoms with E-state index in [9.17, 15) is 4.79 Å². The maximum atomic E-state index is 10.7. The molecular formula is C13H14O3. The van der Waals surface area contributed by atoms with E-state index in [1.807, 2.05) is 6.07 Å². The lowest BCUT2D eigenvalue weighted by molar-refractivity contribution is -0.00605. The van der Waals surface area contributed by atoms with Crippen molar-refractivity contribution in [3.05, 3.63) is 23.8 Å².